The Morgan fingerprint density at radius 2 is 1.93 bits per heavy atom. The molecule has 0 aliphatic rings. The van der Waals surface area contributed by atoms with Crippen LogP contribution in [0.15, 0.2) is 36.7 Å². The molecule has 0 unspecified atom stereocenters. The van der Waals surface area contributed by atoms with Crippen molar-refractivity contribution in [2.75, 3.05) is 17.7 Å². The molecule has 8 heteroatoms. The fourth-order valence-electron chi connectivity index (χ4n) is 2.72. The van der Waals surface area contributed by atoms with E-state index in [0.717, 1.165) is 16.1 Å². The smallest absolute Gasteiger partial charge is 0.341 e. The number of carbonyl (C=O) groups excluding carboxylic acids is 1. The highest BCUT2D eigenvalue weighted by Crippen LogP contribution is 2.33. The predicted molar refractivity (Wildman–Crippen MR) is 117 cm³/mol. The minimum Gasteiger partial charge on any atom is -0.465 e. The number of carbonyl (C=O) groups is 1. The number of aromatic nitrogens is 2. The van der Waals surface area contributed by atoms with Crippen molar-refractivity contribution in [2.45, 2.75) is 27.3 Å². The molecule has 0 radical (unpaired) electrons. The monoisotopic (exact) mass is 414 g/mol. The quantitative estimate of drug-likeness (QED) is 0.473. The van der Waals surface area contributed by atoms with E-state index in [1.165, 1.54) is 29.6 Å². The van der Waals surface area contributed by atoms with Gasteiger partial charge in [0.25, 0.3) is 0 Å². The largest absolute Gasteiger partial charge is 0.465 e. The first-order chi connectivity index (χ1) is 13.4. The molecule has 2 heterocycles. The molecule has 2 aromatic heterocycles. The molecule has 0 saturated carbocycles. The summed E-state index contributed by atoms with van der Waals surface area (Å²) in [6, 6.07) is 8.35. The average molecular weight is 415 g/mol. The Hall–Kier alpha value is -2.71. The van der Waals surface area contributed by atoms with Crippen LogP contribution in [0, 0.1) is 20.8 Å². The fraction of sp³-hybridized carbons (Fsp3) is 0.250. The van der Waals surface area contributed by atoms with Crippen LogP contribution in [-0.2, 0) is 11.3 Å². The van der Waals surface area contributed by atoms with Crippen LogP contribution >= 0.6 is 23.6 Å². The van der Waals surface area contributed by atoms with E-state index in [-0.39, 0.29) is 5.97 Å². The van der Waals surface area contributed by atoms with Crippen molar-refractivity contribution in [3.05, 3.63) is 63.8 Å². The summed E-state index contributed by atoms with van der Waals surface area (Å²) in [6.45, 7) is 6.60. The number of methoxy groups -OCH3 is 1. The van der Waals surface area contributed by atoms with Crippen LogP contribution in [0.2, 0.25) is 0 Å². The Bertz CT molecular complexity index is 1010. The Balaban J connectivity index is 1.66. The van der Waals surface area contributed by atoms with Gasteiger partial charge < -0.3 is 15.4 Å². The number of benzene rings is 1. The summed E-state index contributed by atoms with van der Waals surface area (Å²) >= 11 is 6.87. The third-order valence-electron chi connectivity index (χ3n) is 4.36. The van der Waals surface area contributed by atoms with Crippen LogP contribution in [0.4, 0.5) is 10.7 Å². The van der Waals surface area contributed by atoms with Gasteiger partial charge in [-0.3, -0.25) is 4.68 Å². The van der Waals surface area contributed by atoms with E-state index in [0.29, 0.717) is 22.2 Å². The van der Waals surface area contributed by atoms with Gasteiger partial charge in [-0.25, -0.2) is 4.79 Å². The van der Waals surface area contributed by atoms with E-state index >= 15 is 0 Å². The first-order valence-electron chi connectivity index (χ1n) is 8.71. The molecule has 2 N–H and O–H groups in total. The average Bonchev–Trinajstić information content (AvgIpc) is 3.20. The van der Waals surface area contributed by atoms with Crippen LogP contribution < -0.4 is 10.6 Å². The molecule has 0 amide bonds. The number of aryl methyl sites for hydroxylation is 2. The first kappa shape index (κ1) is 20.0. The number of nitrogens with zero attached hydrogens (tertiary/aromatic N) is 2. The molecular weight excluding hydrogens is 392 g/mol. The zero-order valence-corrected chi connectivity index (χ0v) is 17.8. The van der Waals surface area contributed by atoms with Crippen molar-refractivity contribution in [1.82, 2.24) is 9.78 Å². The fourth-order valence-corrected chi connectivity index (χ4v) is 4.06. The minimum absolute atomic E-state index is 0.377. The van der Waals surface area contributed by atoms with Crippen molar-refractivity contribution < 1.29 is 9.53 Å². The Morgan fingerprint density at radius 1 is 1.21 bits per heavy atom. The maximum atomic E-state index is 12.1. The molecule has 0 fully saturated rings. The van der Waals surface area contributed by atoms with Gasteiger partial charge in [0.05, 0.1) is 31.1 Å². The summed E-state index contributed by atoms with van der Waals surface area (Å²) in [7, 11) is 1.37. The second-order valence-corrected chi connectivity index (χ2v) is 8.10. The minimum atomic E-state index is -0.377. The molecule has 0 spiro atoms. The second-order valence-electron chi connectivity index (χ2n) is 6.47. The van der Waals surface area contributed by atoms with E-state index in [2.05, 4.69) is 46.9 Å². The van der Waals surface area contributed by atoms with Gasteiger partial charge in [0, 0.05) is 11.1 Å². The molecule has 3 aromatic rings. The van der Waals surface area contributed by atoms with Gasteiger partial charge >= 0.3 is 5.97 Å². The maximum absolute atomic E-state index is 12.1. The molecular formula is C20H22N4O2S2. The Kier molecular flexibility index (Phi) is 6.11. The highest BCUT2D eigenvalue weighted by molar-refractivity contribution is 7.80. The first-order valence-corrected chi connectivity index (χ1v) is 9.94. The zero-order valence-electron chi connectivity index (χ0n) is 16.2. The number of thiophene rings is 1. The number of ether oxygens (including phenoxy) is 1. The third kappa shape index (κ3) is 4.58. The number of esters is 1. The molecule has 0 aliphatic heterocycles. The van der Waals surface area contributed by atoms with Gasteiger partial charge in [0.15, 0.2) is 5.11 Å². The summed E-state index contributed by atoms with van der Waals surface area (Å²) in [5.41, 5.74) is 4.59. The van der Waals surface area contributed by atoms with Gasteiger partial charge in [-0.1, -0.05) is 29.8 Å². The number of thiocarbonyl (C=S) groups is 1. The molecule has 0 bridgehead atoms. The van der Waals surface area contributed by atoms with Crippen LogP contribution in [0.1, 0.15) is 31.9 Å². The summed E-state index contributed by atoms with van der Waals surface area (Å²) < 4.78 is 6.73. The van der Waals surface area contributed by atoms with Crippen molar-refractivity contribution in [3.63, 3.8) is 0 Å². The summed E-state index contributed by atoms with van der Waals surface area (Å²) in [6.07, 6.45) is 3.61. The van der Waals surface area contributed by atoms with Crippen LogP contribution in [0.3, 0.4) is 0 Å². The number of hydrogen-bond donors (Lipinski definition) is 2. The number of anilines is 2. The van der Waals surface area contributed by atoms with E-state index in [1.807, 2.05) is 24.7 Å². The highest BCUT2D eigenvalue weighted by atomic mass is 32.1. The van der Waals surface area contributed by atoms with E-state index in [4.69, 9.17) is 17.0 Å². The number of nitrogens with one attached hydrogen (secondary N) is 2. The van der Waals surface area contributed by atoms with Crippen molar-refractivity contribution in [2.24, 2.45) is 0 Å². The van der Waals surface area contributed by atoms with Gasteiger partial charge in [0.2, 0.25) is 0 Å². The van der Waals surface area contributed by atoms with Gasteiger partial charge in [-0.2, -0.15) is 5.10 Å². The zero-order chi connectivity index (χ0) is 20.3. The molecule has 146 valence electrons. The third-order valence-corrected chi connectivity index (χ3v) is 5.68. The van der Waals surface area contributed by atoms with E-state index in [9.17, 15) is 4.79 Å². The van der Waals surface area contributed by atoms with Crippen molar-refractivity contribution in [3.8, 4) is 0 Å². The molecule has 28 heavy (non-hydrogen) atoms. The molecule has 0 atom stereocenters. The predicted octanol–water partition coefficient (Wildman–Crippen LogP) is 4.51. The number of hydrogen-bond acceptors (Lipinski definition) is 5. The summed E-state index contributed by atoms with van der Waals surface area (Å²) in [5, 5.41) is 11.6. The van der Waals surface area contributed by atoms with Crippen molar-refractivity contribution >= 4 is 45.3 Å². The lowest BCUT2D eigenvalue weighted by atomic mass is 10.1. The summed E-state index contributed by atoms with van der Waals surface area (Å²) in [5.74, 6) is -0.377. The van der Waals surface area contributed by atoms with Gasteiger partial charge in [0.1, 0.15) is 5.00 Å². The lowest BCUT2D eigenvalue weighted by Gasteiger charge is -2.09. The Morgan fingerprint density at radius 3 is 2.61 bits per heavy atom. The van der Waals surface area contributed by atoms with E-state index < -0.39 is 0 Å². The SMILES string of the molecule is COC(=O)c1c(NC(=S)Nc2cnn(Cc3ccc(C)cc3)c2)sc(C)c1C. The lowest BCUT2D eigenvalue weighted by Crippen LogP contribution is -2.19. The normalized spacial score (nSPS) is 10.6. The topological polar surface area (TPSA) is 68.2 Å². The molecule has 0 aliphatic carbocycles. The number of rotatable bonds is 5. The molecule has 0 saturated heterocycles. The van der Waals surface area contributed by atoms with Crippen LogP contribution in [0.25, 0.3) is 0 Å². The van der Waals surface area contributed by atoms with Crippen molar-refractivity contribution in [1.29, 1.82) is 0 Å². The molecule has 6 nitrogen and oxygen atoms in total. The molecule has 3 rings (SSSR count). The summed E-state index contributed by atoms with van der Waals surface area (Å²) in [4.78, 5) is 13.1. The van der Waals surface area contributed by atoms with E-state index in [1.54, 1.807) is 6.20 Å². The van der Waals surface area contributed by atoms with Crippen LogP contribution in [-0.4, -0.2) is 28.0 Å². The van der Waals surface area contributed by atoms with Gasteiger partial charge in [-0.15, -0.1) is 11.3 Å². The van der Waals surface area contributed by atoms with Gasteiger partial charge in [-0.05, 0) is 44.1 Å². The van der Waals surface area contributed by atoms with Crippen LogP contribution in [0.5, 0.6) is 0 Å². The lowest BCUT2D eigenvalue weighted by molar-refractivity contribution is 0.0601. The maximum Gasteiger partial charge on any atom is 0.341 e. The second kappa shape index (κ2) is 8.53. The standard InChI is InChI=1S/C20H22N4O2S2/c1-12-5-7-15(8-6-12)10-24-11-16(9-21-24)22-20(27)23-18-17(19(25)26-4)13(2)14(3)28-18/h5-9,11H,10H2,1-4H3,(H2,22,23,27). The Labute approximate surface area is 173 Å². The highest BCUT2D eigenvalue weighted by Gasteiger charge is 2.20. The molecule has 1 aromatic carbocycles.